The lowest BCUT2D eigenvalue weighted by Crippen LogP contribution is -2.55. The lowest BCUT2D eigenvalue weighted by Gasteiger charge is -2.36. The summed E-state index contributed by atoms with van der Waals surface area (Å²) >= 11 is 0. The minimum Gasteiger partial charge on any atom is -0.367 e. The number of benzene rings is 2. The second-order valence-corrected chi connectivity index (χ2v) is 9.64. The van der Waals surface area contributed by atoms with E-state index in [2.05, 4.69) is 10.6 Å². The topological polar surface area (TPSA) is 87.7 Å². The maximum atomic E-state index is 13.2. The first kappa shape index (κ1) is 25.8. The Morgan fingerprint density at radius 2 is 1.58 bits per heavy atom. The highest BCUT2D eigenvalue weighted by atomic mass is 19.1. The number of carbonyl (C=O) groups is 3. The molecular weight excluding hydrogens is 461 g/mol. The van der Waals surface area contributed by atoms with Gasteiger partial charge in [0.2, 0.25) is 11.8 Å². The SMILES string of the molecule is O=C(N[C@@H]1CCCCC1NC(=O)C1CCCN(C(=O)COCc2ccccc2)C1)c1ccc(F)cc1. The molecule has 2 unspecified atom stereocenters. The maximum absolute atomic E-state index is 13.2. The minimum atomic E-state index is -0.392. The van der Waals surface area contributed by atoms with E-state index >= 15 is 0 Å². The zero-order chi connectivity index (χ0) is 25.3. The minimum absolute atomic E-state index is 0.0106. The van der Waals surface area contributed by atoms with Crippen LogP contribution in [0.3, 0.4) is 0 Å². The second kappa shape index (κ2) is 12.6. The van der Waals surface area contributed by atoms with Crippen molar-refractivity contribution in [3.05, 3.63) is 71.5 Å². The van der Waals surface area contributed by atoms with Gasteiger partial charge in [0.25, 0.3) is 5.91 Å². The van der Waals surface area contributed by atoms with Crippen molar-refractivity contribution in [3.63, 3.8) is 0 Å². The van der Waals surface area contributed by atoms with Crippen LogP contribution in [0.5, 0.6) is 0 Å². The number of halogens is 1. The van der Waals surface area contributed by atoms with Crippen LogP contribution in [-0.2, 0) is 20.9 Å². The summed E-state index contributed by atoms with van der Waals surface area (Å²) < 4.78 is 18.8. The molecule has 4 rings (SSSR count). The van der Waals surface area contributed by atoms with E-state index in [1.54, 1.807) is 4.90 Å². The van der Waals surface area contributed by atoms with Crippen LogP contribution in [0.25, 0.3) is 0 Å². The smallest absolute Gasteiger partial charge is 0.251 e. The summed E-state index contributed by atoms with van der Waals surface area (Å²) in [5.74, 6) is -1.13. The summed E-state index contributed by atoms with van der Waals surface area (Å²) in [7, 11) is 0. The predicted molar refractivity (Wildman–Crippen MR) is 133 cm³/mol. The molecule has 0 bridgehead atoms. The van der Waals surface area contributed by atoms with Crippen molar-refractivity contribution in [2.75, 3.05) is 19.7 Å². The Morgan fingerprint density at radius 3 is 2.31 bits per heavy atom. The van der Waals surface area contributed by atoms with Gasteiger partial charge in [0, 0.05) is 30.7 Å². The van der Waals surface area contributed by atoms with Gasteiger partial charge in [0.05, 0.1) is 12.5 Å². The van der Waals surface area contributed by atoms with Crippen molar-refractivity contribution < 1.29 is 23.5 Å². The van der Waals surface area contributed by atoms with E-state index in [-0.39, 0.29) is 42.3 Å². The first-order valence-corrected chi connectivity index (χ1v) is 12.8. The predicted octanol–water partition coefficient (Wildman–Crippen LogP) is 3.44. The molecular formula is C28H34FN3O4. The molecule has 2 N–H and O–H groups in total. The van der Waals surface area contributed by atoms with Gasteiger partial charge in [-0.1, -0.05) is 43.2 Å². The molecule has 2 aliphatic rings. The highest BCUT2D eigenvalue weighted by molar-refractivity contribution is 5.94. The fourth-order valence-electron chi connectivity index (χ4n) is 4.97. The summed E-state index contributed by atoms with van der Waals surface area (Å²) in [6.45, 7) is 1.36. The molecule has 2 aromatic rings. The number of nitrogens with zero attached hydrogens (tertiary/aromatic N) is 1. The van der Waals surface area contributed by atoms with Gasteiger partial charge in [-0.2, -0.15) is 0 Å². The van der Waals surface area contributed by atoms with Gasteiger partial charge in [-0.3, -0.25) is 14.4 Å². The molecule has 0 spiro atoms. The molecule has 36 heavy (non-hydrogen) atoms. The molecule has 1 aliphatic carbocycles. The van der Waals surface area contributed by atoms with E-state index < -0.39 is 5.82 Å². The zero-order valence-corrected chi connectivity index (χ0v) is 20.5. The Kier molecular flexibility index (Phi) is 9.06. The third kappa shape index (κ3) is 7.13. The summed E-state index contributed by atoms with van der Waals surface area (Å²) in [6, 6.07) is 14.8. The molecule has 2 aromatic carbocycles. The van der Waals surface area contributed by atoms with Crippen LogP contribution in [0.15, 0.2) is 54.6 Å². The molecule has 2 fully saturated rings. The van der Waals surface area contributed by atoms with Crippen molar-refractivity contribution in [3.8, 4) is 0 Å². The van der Waals surface area contributed by atoms with Gasteiger partial charge in [0.15, 0.2) is 0 Å². The van der Waals surface area contributed by atoms with Crippen molar-refractivity contribution in [2.45, 2.75) is 57.2 Å². The average Bonchev–Trinajstić information content (AvgIpc) is 2.90. The quantitative estimate of drug-likeness (QED) is 0.587. The zero-order valence-electron chi connectivity index (χ0n) is 20.5. The summed E-state index contributed by atoms with van der Waals surface area (Å²) in [4.78, 5) is 40.2. The van der Waals surface area contributed by atoms with Crippen LogP contribution in [0.1, 0.15) is 54.4 Å². The number of hydrogen-bond donors (Lipinski definition) is 2. The fourth-order valence-corrected chi connectivity index (χ4v) is 4.97. The molecule has 1 heterocycles. The van der Waals surface area contributed by atoms with Crippen LogP contribution >= 0.6 is 0 Å². The Labute approximate surface area is 211 Å². The normalized spacial score (nSPS) is 22.0. The van der Waals surface area contributed by atoms with Gasteiger partial charge < -0.3 is 20.3 Å². The number of rotatable bonds is 8. The number of nitrogens with one attached hydrogen (secondary N) is 2. The van der Waals surface area contributed by atoms with Crippen LogP contribution in [0.2, 0.25) is 0 Å². The van der Waals surface area contributed by atoms with E-state index in [1.165, 1.54) is 24.3 Å². The molecule has 1 saturated carbocycles. The second-order valence-electron chi connectivity index (χ2n) is 9.64. The molecule has 7 nitrogen and oxygen atoms in total. The standard InChI is InChI=1S/C28H34FN3O4/c29-23-14-12-21(13-15-23)27(34)30-24-10-4-5-11-25(24)31-28(35)22-9-6-16-32(17-22)26(33)19-36-18-20-7-2-1-3-8-20/h1-3,7-8,12-15,22,24-25H,4-6,9-11,16-19H2,(H,30,34)(H,31,35)/t22?,24-,25?/m1/s1. The van der Waals surface area contributed by atoms with Crippen LogP contribution in [0, 0.1) is 11.7 Å². The van der Waals surface area contributed by atoms with E-state index in [4.69, 9.17) is 4.74 Å². The summed E-state index contributed by atoms with van der Waals surface area (Å²) in [5.41, 5.74) is 1.40. The van der Waals surface area contributed by atoms with Crippen molar-refractivity contribution >= 4 is 17.7 Å². The van der Waals surface area contributed by atoms with Crippen LogP contribution < -0.4 is 10.6 Å². The number of carbonyl (C=O) groups excluding carboxylic acids is 3. The number of amides is 3. The molecule has 1 aliphatic heterocycles. The first-order valence-electron chi connectivity index (χ1n) is 12.8. The first-order chi connectivity index (χ1) is 17.5. The third-order valence-electron chi connectivity index (χ3n) is 7.00. The van der Waals surface area contributed by atoms with E-state index in [9.17, 15) is 18.8 Å². The van der Waals surface area contributed by atoms with Crippen molar-refractivity contribution in [1.82, 2.24) is 15.5 Å². The Hall–Kier alpha value is -3.26. The molecule has 8 heteroatoms. The lowest BCUT2D eigenvalue weighted by molar-refractivity contribution is -0.140. The molecule has 1 saturated heterocycles. The lowest BCUT2D eigenvalue weighted by atomic mass is 9.88. The van der Waals surface area contributed by atoms with Gasteiger partial charge in [-0.15, -0.1) is 0 Å². The Balaban J connectivity index is 1.27. The number of likely N-dealkylation sites (tertiary alicyclic amines) is 1. The average molecular weight is 496 g/mol. The number of piperidine rings is 1. The van der Waals surface area contributed by atoms with E-state index in [1.807, 2.05) is 30.3 Å². The molecule has 0 aromatic heterocycles. The van der Waals surface area contributed by atoms with Gasteiger partial charge in [0.1, 0.15) is 12.4 Å². The molecule has 3 amide bonds. The van der Waals surface area contributed by atoms with Gasteiger partial charge >= 0.3 is 0 Å². The monoisotopic (exact) mass is 495 g/mol. The maximum Gasteiger partial charge on any atom is 0.251 e. The van der Waals surface area contributed by atoms with Crippen LogP contribution in [0.4, 0.5) is 4.39 Å². The highest BCUT2D eigenvalue weighted by Gasteiger charge is 2.33. The number of hydrogen-bond acceptors (Lipinski definition) is 4. The highest BCUT2D eigenvalue weighted by Crippen LogP contribution is 2.22. The molecule has 0 radical (unpaired) electrons. The fraction of sp³-hybridized carbons (Fsp3) is 0.464. The number of ether oxygens (including phenoxy) is 1. The van der Waals surface area contributed by atoms with Crippen molar-refractivity contribution in [1.29, 1.82) is 0 Å². The summed E-state index contributed by atoms with van der Waals surface area (Å²) in [5, 5.41) is 6.17. The Morgan fingerprint density at radius 1 is 0.889 bits per heavy atom. The van der Waals surface area contributed by atoms with Gasteiger partial charge in [-0.05, 0) is 55.5 Å². The van der Waals surface area contributed by atoms with Crippen LogP contribution in [-0.4, -0.2) is 54.4 Å². The molecule has 192 valence electrons. The van der Waals surface area contributed by atoms with E-state index in [0.29, 0.717) is 25.3 Å². The van der Waals surface area contributed by atoms with E-state index in [0.717, 1.165) is 44.1 Å². The summed E-state index contributed by atoms with van der Waals surface area (Å²) in [6.07, 6.45) is 4.98. The molecule has 3 atom stereocenters. The largest absolute Gasteiger partial charge is 0.367 e. The Bertz CT molecular complexity index is 1030. The van der Waals surface area contributed by atoms with Crippen molar-refractivity contribution in [2.24, 2.45) is 5.92 Å². The van der Waals surface area contributed by atoms with Gasteiger partial charge in [-0.25, -0.2) is 4.39 Å². The third-order valence-corrected chi connectivity index (χ3v) is 7.00.